The zero-order valence-corrected chi connectivity index (χ0v) is 19.6. The van der Waals surface area contributed by atoms with E-state index in [0.717, 1.165) is 22.0 Å². The van der Waals surface area contributed by atoms with E-state index in [9.17, 15) is 4.79 Å². The van der Waals surface area contributed by atoms with Crippen LogP contribution in [0, 0.1) is 0 Å². The van der Waals surface area contributed by atoms with Crippen LogP contribution in [0.15, 0.2) is 53.9 Å². The lowest BCUT2D eigenvalue weighted by atomic mass is 9.87. The maximum absolute atomic E-state index is 12.4. The summed E-state index contributed by atoms with van der Waals surface area (Å²) < 4.78 is 11.0. The van der Waals surface area contributed by atoms with Gasteiger partial charge in [-0.05, 0) is 54.3 Å². The lowest BCUT2D eigenvalue weighted by molar-refractivity contribution is -0.127. The van der Waals surface area contributed by atoms with E-state index in [1.54, 1.807) is 25.4 Å². The van der Waals surface area contributed by atoms with Gasteiger partial charge in [0.1, 0.15) is 16.5 Å². The molecule has 0 aliphatic rings. The highest BCUT2D eigenvalue weighted by molar-refractivity contribution is 7.13. The maximum atomic E-state index is 12.4. The third kappa shape index (κ3) is 6.31. The summed E-state index contributed by atoms with van der Waals surface area (Å²) in [5.41, 5.74) is 3.34. The molecule has 1 heterocycles. The smallest absolute Gasteiger partial charge is 0.260 e. The number of carbonyl (C=O) groups excluding carboxylic acids is 1. The number of methoxy groups -OCH3 is 1. The number of rotatable bonds is 8. The largest absolute Gasteiger partial charge is 0.497 e. The third-order valence-corrected chi connectivity index (χ3v) is 5.91. The summed E-state index contributed by atoms with van der Waals surface area (Å²) in [6, 6.07) is 15.8. The summed E-state index contributed by atoms with van der Waals surface area (Å²) in [6.07, 6.45) is 0.108. The first-order chi connectivity index (χ1) is 14.8. The van der Waals surface area contributed by atoms with Crippen LogP contribution >= 0.6 is 11.3 Å². The minimum atomic E-state index is -0.564. The van der Waals surface area contributed by atoms with Gasteiger partial charge in [-0.2, -0.15) is 0 Å². The summed E-state index contributed by atoms with van der Waals surface area (Å²) >= 11 is 1.60. The van der Waals surface area contributed by atoms with E-state index in [-0.39, 0.29) is 11.3 Å². The number of nitrogens with one attached hydrogen (secondary N) is 1. The molecule has 31 heavy (non-hydrogen) atoms. The molecular formula is C25H30N2O3S. The highest BCUT2D eigenvalue weighted by Gasteiger charge is 2.16. The Balaban J connectivity index is 1.47. The van der Waals surface area contributed by atoms with Crippen molar-refractivity contribution in [3.05, 3.63) is 65.2 Å². The molecular weight excluding hydrogens is 408 g/mol. The number of carbonyl (C=O) groups is 1. The first-order valence-corrected chi connectivity index (χ1v) is 11.3. The van der Waals surface area contributed by atoms with E-state index in [2.05, 4.69) is 31.1 Å². The van der Waals surface area contributed by atoms with Gasteiger partial charge in [0, 0.05) is 23.9 Å². The van der Waals surface area contributed by atoms with Crippen molar-refractivity contribution in [3.8, 4) is 22.1 Å². The number of nitrogens with zero attached hydrogens (tertiary/aromatic N) is 1. The van der Waals surface area contributed by atoms with E-state index in [0.29, 0.717) is 18.7 Å². The highest BCUT2D eigenvalue weighted by Crippen LogP contribution is 2.26. The lowest BCUT2D eigenvalue weighted by Crippen LogP contribution is -2.37. The number of hydrogen-bond donors (Lipinski definition) is 1. The molecule has 164 valence electrons. The van der Waals surface area contributed by atoms with Gasteiger partial charge in [0.15, 0.2) is 6.10 Å². The fraction of sp³-hybridized carbons (Fsp3) is 0.360. The normalized spacial score (nSPS) is 12.3. The molecule has 3 aromatic rings. The molecule has 6 heteroatoms. The van der Waals surface area contributed by atoms with Crippen molar-refractivity contribution < 1.29 is 14.3 Å². The molecule has 0 aliphatic heterocycles. The Hall–Kier alpha value is -2.86. The van der Waals surface area contributed by atoms with Gasteiger partial charge in [0.05, 0.1) is 12.8 Å². The van der Waals surface area contributed by atoms with Crippen LogP contribution in [0.5, 0.6) is 11.5 Å². The second-order valence-electron chi connectivity index (χ2n) is 8.45. The molecule has 0 bridgehead atoms. The van der Waals surface area contributed by atoms with Crippen molar-refractivity contribution in [1.29, 1.82) is 0 Å². The van der Waals surface area contributed by atoms with Gasteiger partial charge in [0.25, 0.3) is 5.91 Å². The average Bonchev–Trinajstić information content (AvgIpc) is 3.22. The van der Waals surface area contributed by atoms with Crippen molar-refractivity contribution >= 4 is 17.2 Å². The minimum Gasteiger partial charge on any atom is -0.497 e. The van der Waals surface area contributed by atoms with Gasteiger partial charge in [-0.15, -0.1) is 11.3 Å². The molecule has 3 rings (SSSR count). The average molecular weight is 439 g/mol. The van der Waals surface area contributed by atoms with Gasteiger partial charge in [-0.3, -0.25) is 4.79 Å². The summed E-state index contributed by atoms with van der Waals surface area (Å²) in [7, 11) is 1.65. The van der Waals surface area contributed by atoms with Crippen LogP contribution in [0.3, 0.4) is 0 Å². The fourth-order valence-electron chi connectivity index (χ4n) is 3.04. The Morgan fingerprint density at radius 1 is 1.06 bits per heavy atom. The SMILES string of the molecule is COc1ccc(-c2nc(CCNC(=O)[C@H](C)Oc3ccc(C(C)(C)C)cc3)cs2)cc1. The second kappa shape index (κ2) is 9.96. The van der Waals surface area contributed by atoms with Crippen molar-refractivity contribution in [1.82, 2.24) is 10.3 Å². The van der Waals surface area contributed by atoms with Crippen LogP contribution in [0.25, 0.3) is 10.6 Å². The maximum Gasteiger partial charge on any atom is 0.260 e. The Bertz CT molecular complexity index is 989. The van der Waals surface area contributed by atoms with E-state index < -0.39 is 6.10 Å². The Morgan fingerprint density at radius 2 is 1.71 bits per heavy atom. The standard InChI is InChI=1S/C25H30N2O3S/c1-17(30-22-12-8-19(9-13-22)25(2,3)4)23(28)26-15-14-20-16-31-24(27-20)18-6-10-21(29-5)11-7-18/h6-13,16-17H,14-15H2,1-5H3,(H,26,28)/t17-/m0/s1. The Morgan fingerprint density at radius 3 is 2.32 bits per heavy atom. The van der Waals surface area contributed by atoms with Crippen LogP contribution < -0.4 is 14.8 Å². The predicted molar refractivity (Wildman–Crippen MR) is 126 cm³/mol. The molecule has 5 nitrogen and oxygen atoms in total. The van der Waals surface area contributed by atoms with Crippen LogP contribution in [0.1, 0.15) is 39.0 Å². The van der Waals surface area contributed by atoms with Crippen molar-refractivity contribution in [2.75, 3.05) is 13.7 Å². The molecule has 0 radical (unpaired) electrons. The molecule has 1 aromatic heterocycles. The molecule has 1 amide bonds. The summed E-state index contributed by atoms with van der Waals surface area (Å²) in [5, 5.41) is 5.92. The monoisotopic (exact) mass is 438 g/mol. The molecule has 0 fully saturated rings. The first-order valence-electron chi connectivity index (χ1n) is 10.4. The van der Waals surface area contributed by atoms with Gasteiger partial charge in [0.2, 0.25) is 0 Å². The van der Waals surface area contributed by atoms with E-state index in [1.807, 2.05) is 53.9 Å². The summed E-state index contributed by atoms with van der Waals surface area (Å²) in [6.45, 7) is 8.78. The lowest BCUT2D eigenvalue weighted by Gasteiger charge is -2.20. The quantitative estimate of drug-likeness (QED) is 0.522. The Kier molecular flexibility index (Phi) is 7.33. The summed E-state index contributed by atoms with van der Waals surface area (Å²) in [5.74, 6) is 1.38. The van der Waals surface area contributed by atoms with E-state index >= 15 is 0 Å². The topological polar surface area (TPSA) is 60.5 Å². The van der Waals surface area contributed by atoms with Gasteiger partial charge in [-0.25, -0.2) is 4.98 Å². The Labute approximate surface area is 188 Å². The van der Waals surface area contributed by atoms with Crippen molar-refractivity contribution in [2.24, 2.45) is 0 Å². The molecule has 0 unspecified atom stereocenters. The molecule has 1 N–H and O–H groups in total. The highest BCUT2D eigenvalue weighted by atomic mass is 32.1. The number of amides is 1. The van der Waals surface area contributed by atoms with E-state index in [4.69, 9.17) is 9.47 Å². The van der Waals surface area contributed by atoms with Gasteiger partial charge in [-0.1, -0.05) is 32.9 Å². The van der Waals surface area contributed by atoms with Gasteiger partial charge < -0.3 is 14.8 Å². The minimum absolute atomic E-state index is 0.0878. The first kappa shape index (κ1) is 22.8. The van der Waals surface area contributed by atoms with Crippen molar-refractivity contribution in [2.45, 2.75) is 45.6 Å². The zero-order chi connectivity index (χ0) is 22.4. The molecule has 0 aliphatic carbocycles. The third-order valence-electron chi connectivity index (χ3n) is 4.97. The van der Waals surface area contributed by atoms with Crippen LogP contribution in [-0.4, -0.2) is 30.6 Å². The molecule has 2 aromatic carbocycles. The number of hydrogen-bond acceptors (Lipinski definition) is 5. The summed E-state index contributed by atoms with van der Waals surface area (Å²) in [4.78, 5) is 17.1. The van der Waals surface area contributed by atoms with Crippen molar-refractivity contribution in [3.63, 3.8) is 0 Å². The van der Waals surface area contributed by atoms with Crippen LogP contribution in [-0.2, 0) is 16.6 Å². The zero-order valence-electron chi connectivity index (χ0n) is 18.8. The predicted octanol–water partition coefficient (Wildman–Crippen LogP) is 5.24. The van der Waals surface area contributed by atoms with Crippen LogP contribution in [0.2, 0.25) is 0 Å². The number of benzene rings is 2. The fourth-order valence-corrected chi connectivity index (χ4v) is 3.90. The second-order valence-corrected chi connectivity index (χ2v) is 9.31. The molecule has 0 saturated heterocycles. The van der Waals surface area contributed by atoms with Gasteiger partial charge >= 0.3 is 0 Å². The number of ether oxygens (including phenoxy) is 2. The number of aromatic nitrogens is 1. The molecule has 1 atom stereocenters. The number of thiazole rings is 1. The molecule has 0 spiro atoms. The molecule has 0 saturated carbocycles. The van der Waals surface area contributed by atoms with E-state index in [1.165, 1.54) is 5.56 Å². The van der Waals surface area contributed by atoms with Crippen LogP contribution in [0.4, 0.5) is 0 Å².